The van der Waals surface area contributed by atoms with Crippen LogP contribution in [0.4, 0.5) is 0 Å². The van der Waals surface area contributed by atoms with Crippen LogP contribution in [0.5, 0.6) is 0 Å². The molecule has 0 aliphatic carbocycles. The zero-order chi connectivity index (χ0) is 16.5. The Labute approximate surface area is 133 Å². The van der Waals surface area contributed by atoms with Crippen molar-refractivity contribution in [1.29, 1.82) is 0 Å². The molecule has 6 nitrogen and oxygen atoms in total. The van der Waals surface area contributed by atoms with Gasteiger partial charge in [-0.05, 0) is 29.3 Å². The molecular weight excluding hydrogens is 294 g/mol. The van der Waals surface area contributed by atoms with E-state index >= 15 is 0 Å². The molecule has 0 atom stereocenters. The number of carbonyl (C=O) groups is 2. The highest BCUT2D eigenvalue weighted by Gasteiger charge is 2.04. The summed E-state index contributed by atoms with van der Waals surface area (Å²) in [5.74, 6) is -1.01. The lowest BCUT2D eigenvalue weighted by Gasteiger charge is -2.01. The summed E-state index contributed by atoms with van der Waals surface area (Å²) in [7, 11) is 0. The van der Waals surface area contributed by atoms with Crippen LogP contribution in [0.25, 0.3) is 6.08 Å². The van der Waals surface area contributed by atoms with Crippen molar-refractivity contribution in [3.63, 3.8) is 0 Å². The number of benzene rings is 2. The second-order valence-corrected chi connectivity index (χ2v) is 4.54. The van der Waals surface area contributed by atoms with Gasteiger partial charge in [-0.1, -0.05) is 42.5 Å². The van der Waals surface area contributed by atoms with Gasteiger partial charge in [0.25, 0.3) is 11.8 Å². The first-order chi connectivity index (χ1) is 11.2. The summed E-state index contributed by atoms with van der Waals surface area (Å²) in [4.78, 5) is 22.9. The highest BCUT2D eigenvalue weighted by Crippen LogP contribution is 2.07. The number of amides is 2. The molecule has 6 heteroatoms. The van der Waals surface area contributed by atoms with Crippen molar-refractivity contribution in [3.8, 4) is 0 Å². The van der Waals surface area contributed by atoms with Gasteiger partial charge in [0.1, 0.15) is 0 Å². The van der Waals surface area contributed by atoms with Crippen LogP contribution in [0, 0.1) is 0 Å². The third-order valence-corrected chi connectivity index (χ3v) is 2.87. The van der Waals surface area contributed by atoms with E-state index in [0.717, 1.165) is 11.6 Å². The van der Waals surface area contributed by atoms with Gasteiger partial charge in [0.2, 0.25) is 0 Å². The van der Waals surface area contributed by atoms with Gasteiger partial charge in [0.05, 0.1) is 6.21 Å². The molecule has 2 aromatic carbocycles. The zero-order valence-electron chi connectivity index (χ0n) is 12.1. The van der Waals surface area contributed by atoms with Crippen molar-refractivity contribution in [2.45, 2.75) is 0 Å². The van der Waals surface area contributed by atoms with Crippen LogP contribution >= 0.6 is 0 Å². The first-order valence-electron chi connectivity index (χ1n) is 6.80. The number of hydrogen-bond donors (Lipinski definition) is 3. The Bertz CT molecular complexity index is 740. The van der Waals surface area contributed by atoms with Gasteiger partial charge in [-0.3, -0.25) is 14.8 Å². The minimum absolute atomic E-state index is 0.362. The Morgan fingerprint density at radius 3 is 2.48 bits per heavy atom. The Balaban J connectivity index is 2.01. The lowest BCUT2D eigenvalue weighted by Crippen LogP contribution is -2.17. The van der Waals surface area contributed by atoms with E-state index in [1.165, 1.54) is 11.6 Å². The van der Waals surface area contributed by atoms with Crippen LogP contribution in [0.3, 0.4) is 0 Å². The van der Waals surface area contributed by atoms with E-state index in [4.69, 9.17) is 5.21 Å². The molecule has 0 heterocycles. The number of rotatable bonds is 5. The number of hydrogen-bond acceptors (Lipinski definition) is 4. The van der Waals surface area contributed by atoms with Crippen LogP contribution in [0.2, 0.25) is 0 Å². The number of nitrogens with zero attached hydrogens (tertiary/aromatic N) is 1. The molecule has 0 unspecified atom stereocenters. The van der Waals surface area contributed by atoms with Crippen molar-refractivity contribution < 1.29 is 14.8 Å². The molecule has 0 aliphatic heterocycles. The second-order valence-electron chi connectivity index (χ2n) is 4.54. The standard InChI is InChI=1S/C17H15N3O3/c21-16(20-23)10-9-13-7-4-8-15(11-13)17(22)19-18-12-14-5-2-1-3-6-14/h1-12,23H,(H,19,22)(H,20,21). The number of nitrogens with one attached hydrogen (secondary N) is 2. The van der Waals surface area contributed by atoms with E-state index in [9.17, 15) is 9.59 Å². The predicted molar refractivity (Wildman–Crippen MR) is 86.9 cm³/mol. The van der Waals surface area contributed by atoms with Crippen LogP contribution in [0.1, 0.15) is 21.5 Å². The highest BCUT2D eigenvalue weighted by atomic mass is 16.5. The molecule has 2 aromatic rings. The summed E-state index contributed by atoms with van der Waals surface area (Å²) in [6.45, 7) is 0. The lowest BCUT2D eigenvalue weighted by molar-refractivity contribution is -0.124. The van der Waals surface area contributed by atoms with E-state index in [0.29, 0.717) is 11.1 Å². The van der Waals surface area contributed by atoms with E-state index in [1.807, 2.05) is 30.3 Å². The molecule has 0 saturated carbocycles. The maximum Gasteiger partial charge on any atom is 0.271 e. The second kappa shape index (κ2) is 8.26. The summed E-state index contributed by atoms with van der Waals surface area (Å²) >= 11 is 0. The van der Waals surface area contributed by atoms with Gasteiger partial charge in [-0.15, -0.1) is 0 Å². The van der Waals surface area contributed by atoms with E-state index in [1.54, 1.807) is 30.5 Å². The normalized spacial score (nSPS) is 10.8. The highest BCUT2D eigenvalue weighted by molar-refractivity contribution is 5.96. The average molecular weight is 309 g/mol. The fourth-order valence-corrected chi connectivity index (χ4v) is 1.76. The minimum atomic E-state index is -0.646. The fraction of sp³-hybridized carbons (Fsp3) is 0. The smallest absolute Gasteiger partial charge is 0.271 e. The first-order valence-corrected chi connectivity index (χ1v) is 6.80. The monoisotopic (exact) mass is 309 g/mol. The quantitative estimate of drug-likeness (QED) is 0.341. The number of hydrazone groups is 1. The summed E-state index contributed by atoms with van der Waals surface area (Å²) in [5.41, 5.74) is 5.86. The molecule has 2 amide bonds. The largest absolute Gasteiger partial charge is 0.288 e. The third kappa shape index (κ3) is 5.22. The molecule has 2 rings (SSSR count). The van der Waals surface area contributed by atoms with Crippen LogP contribution in [-0.2, 0) is 4.79 Å². The van der Waals surface area contributed by atoms with Gasteiger partial charge in [0, 0.05) is 11.6 Å². The molecule has 0 radical (unpaired) electrons. The van der Waals surface area contributed by atoms with Gasteiger partial charge in [-0.2, -0.15) is 5.10 Å². The average Bonchev–Trinajstić information content (AvgIpc) is 2.60. The van der Waals surface area contributed by atoms with Crippen molar-refractivity contribution in [1.82, 2.24) is 10.9 Å². The Morgan fingerprint density at radius 2 is 1.74 bits per heavy atom. The van der Waals surface area contributed by atoms with E-state index in [2.05, 4.69) is 10.5 Å². The number of carbonyl (C=O) groups excluding carboxylic acids is 2. The minimum Gasteiger partial charge on any atom is -0.288 e. The van der Waals surface area contributed by atoms with Crippen molar-refractivity contribution in [2.75, 3.05) is 0 Å². The SMILES string of the molecule is O=C(C=Cc1cccc(C(=O)NN=Cc2ccccc2)c1)NO. The van der Waals surface area contributed by atoms with Gasteiger partial charge in [-0.25, -0.2) is 10.9 Å². The van der Waals surface area contributed by atoms with Gasteiger partial charge in [0.15, 0.2) is 0 Å². The Hall–Kier alpha value is -3.25. The van der Waals surface area contributed by atoms with Crippen LogP contribution < -0.4 is 10.9 Å². The maximum absolute atomic E-state index is 12.0. The molecule has 0 saturated heterocycles. The van der Waals surface area contributed by atoms with Gasteiger partial charge < -0.3 is 0 Å². The predicted octanol–water partition coefficient (Wildman–Crippen LogP) is 1.97. The molecule has 0 aromatic heterocycles. The van der Waals surface area contributed by atoms with E-state index in [-0.39, 0.29) is 5.91 Å². The van der Waals surface area contributed by atoms with Crippen molar-refractivity contribution in [3.05, 3.63) is 77.4 Å². The molecular formula is C17H15N3O3. The summed E-state index contributed by atoms with van der Waals surface area (Å²) in [6.07, 6.45) is 4.19. The molecule has 23 heavy (non-hydrogen) atoms. The molecule has 0 bridgehead atoms. The molecule has 3 N–H and O–H groups in total. The van der Waals surface area contributed by atoms with Crippen molar-refractivity contribution >= 4 is 24.1 Å². The Morgan fingerprint density at radius 1 is 1.00 bits per heavy atom. The van der Waals surface area contributed by atoms with Crippen LogP contribution in [-0.4, -0.2) is 23.2 Å². The Kier molecular flexibility index (Phi) is 5.79. The number of hydroxylamine groups is 1. The first kappa shape index (κ1) is 16.1. The fourth-order valence-electron chi connectivity index (χ4n) is 1.76. The van der Waals surface area contributed by atoms with Gasteiger partial charge >= 0.3 is 0 Å². The summed E-state index contributed by atoms with van der Waals surface area (Å²) < 4.78 is 0. The maximum atomic E-state index is 12.0. The molecule has 0 aliphatic rings. The molecule has 0 spiro atoms. The topological polar surface area (TPSA) is 90.8 Å². The molecule has 0 fully saturated rings. The van der Waals surface area contributed by atoms with E-state index < -0.39 is 5.91 Å². The molecule has 116 valence electrons. The third-order valence-electron chi connectivity index (χ3n) is 2.87. The zero-order valence-corrected chi connectivity index (χ0v) is 12.1. The van der Waals surface area contributed by atoms with Crippen molar-refractivity contribution in [2.24, 2.45) is 5.10 Å². The van der Waals surface area contributed by atoms with Crippen LogP contribution in [0.15, 0.2) is 65.8 Å². The summed E-state index contributed by atoms with van der Waals surface area (Å²) in [5, 5.41) is 12.3. The lowest BCUT2D eigenvalue weighted by atomic mass is 10.1. The summed E-state index contributed by atoms with van der Waals surface area (Å²) in [6, 6.07) is 16.0.